The summed E-state index contributed by atoms with van der Waals surface area (Å²) in [6.07, 6.45) is 5.02. The van der Waals surface area contributed by atoms with Crippen LogP contribution >= 0.6 is 0 Å². The average molecular weight is 251 g/mol. The molecular formula is C14H21NO3. The fraction of sp³-hybridized carbons (Fsp3) is 0.714. The van der Waals surface area contributed by atoms with Crippen molar-refractivity contribution in [2.75, 3.05) is 6.61 Å². The highest BCUT2D eigenvalue weighted by Crippen LogP contribution is 2.38. The Hall–Kier alpha value is -1.32. The minimum Gasteiger partial charge on any atom is -0.463 e. The molecule has 3 atom stereocenters. The Kier molecular flexibility index (Phi) is 4.04. The van der Waals surface area contributed by atoms with E-state index in [1.165, 1.54) is 0 Å². The number of ether oxygens (including phenoxy) is 1. The normalized spacial score (nSPS) is 33.8. The highest BCUT2D eigenvalue weighted by molar-refractivity contribution is 5.83. The van der Waals surface area contributed by atoms with Crippen molar-refractivity contribution < 1.29 is 14.3 Å². The lowest BCUT2D eigenvalue weighted by Gasteiger charge is -2.40. The number of amides is 1. The number of nitrogens with one attached hydrogen (secondary N) is 1. The first kappa shape index (κ1) is 13.1. The summed E-state index contributed by atoms with van der Waals surface area (Å²) >= 11 is 0. The number of esters is 1. The Morgan fingerprint density at radius 2 is 2.33 bits per heavy atom. The monoisotopic (exact) mass is 251 g/mol. The maximum Gasteiger partial charge on any atom is 0.330 e. The van der Waals surface area contributed by atoms with Gasteiger partial charge < -0.3 is 10.1 Å². The van der Waals surface area contributed by atoms with Gasteiger partial charge in [0.05, 0.1) is 6.61 Å². The van der Waals surface area contributed by atoms with Gasteiger partial charge in [0.2, 0.25) is 5.91 Å². The molecule has 0 radical (unpaired) electrons. The van der Waals surface area contributed by atoms with Crippen molar-refractivity contribution in [2.45, 2.75) is 45.6 Å². The zero-order valence-corrected chi connectivity index (χ0v) is 11.1. The summed E-state index contributed by atoms with van der Waals surface area (Å²) in [5.74, 6) is 0.715. The first-order valence-electron chi connectivity index (χ1n) is 6.76. The number of hydrogen-bond acceptors (Lipinski definition) is 3. The van der Waals surface area contributed by atoms with Crippen molar-refractivity contribution in [1.82, 2.24) is 5.32 Å². The molecule has 2 aliphatic rings. The molecule has 0 unspecified atom stereocenters. The third-order valence-electron chi connectivity index (χ3n) is 3.82. The fourth-order valence-electron chi connectivity index (χ4n) is 3.11. The maximum absolute atomic E-state index is 11.6. The lowest BCUT2D eigenvalue weighted by atomic mass is 9.72. The van der Waals surface area contributed by atoms with Crippen LogP contribution < -0.4 is 5.32 Å². The number of carbonyl (C=O) groups excluding carboxylic acids is 2. The molecule has 0 bridgehead atoms. The van der Waals surface area contributed by atoms with Crippen LogP contribution in [0.3, 0.4) is 0 Å². The standard InChI is InChI=1S/C14H21NO3/c1-3-18-14(17)8-10-6-9(2)7-12-11(10)4-5-13(16)15-12/h8-9,11-12H,3-7H2,1-2H3,(H,15,16)/b10-8+/t9-,11-,12+/m1/s1. The van der Waals surface area contributed by atoms with Crippen molar-refractivity contribution in [1.29, 1.82) is 0 Å². The average Bonchev–Trinajstić information content (AvgIpc) is 2.28. The molecule has 1 heterocycles. The summed E-state index contributed by atoms with van der Waals surface area (Å²) in [6, 6.07) is 0.204. The lowest BCUT2D eigenvalue weighted by Crippen LogP contribution is -2.48. The minimum atomic E-state index is -0.253. The molecule has 0 aromatic rings. The van der Waals surface area contributed by atoms with Gasteiger partial charge in [0.1, 0.15) is 0 Å². The molecule has 1 saturated carbocycles. The van der Waals surface area contributed by atoms with Gasteiger partial charge in [0, 0.05) is 24.5 Å². The van der Waals surface area contributed by atoms with E-state index in [2.05, 4.69) is 12.2 Å². The molecule has 0 aromatic heterocycles. The van der Waals surface area contributed by atoms with Gasteiger partial charge in [0.25, 0.3) is 0 Å². The fourth-order valence-corrected chi connectivity index (χ4v) is 3.11. The lowest BCUT2D eigenvalue weighted by molar-refractivity contribution is -0.137. The van der Waals surface area contributed by atoms with Crippen molar-refractivity contribution >= 4 is 11.9 Å². The van der Waals surface area contributed by atoms with Crippen molar-refractivity contribution in [3.8, 4) is 0 Å². The first-order valence-corrected chi connectivity index (χ1v) is 6.76. The zero-order chi connectivity index (χ0) is 13.1. The van der Waals surface area contributed by atoms with Crippen LogP contribution in [0.5, 0.6) is 0 Å². The van der Waals surface area contributed by atoms with E-state index in [0.717, 1.165) is 24.8 Å². The molecule has 0 aromatic carbocycles. The van der Waals surface area contributed by atoms with Crippen molar-refractivity contribution in [3.63, 3.8) is 0 Å². The first-order chi connectivity index (χ1) is 8.60. The quantitative estimate of drug-likeness (QED) is 0.601. The van der Waals surface area contributed by atoms with Crippen LogP contribution in [0.25, 0.3) is 0 Å². The van der Waals surface area contributed by atoms with Gasteiger partial charge in [-0.3, -0.25) is 4.79 Å². The second-order valence-electron chi connectivity index (χ2n) is 5.34. The molecule has 18 heavy (non-hydrogen) atoms. The van der Waals surface area contributed by atoms with Crippen LogP contribution in [-0.2, 0) is 14.3 Å². The van der Waals surface area contributed by atoms with Crippen LogP contribution in [0.15, 0.2) is 11.6 Å². The molecule has 1 aliphatic carbocycles. The summed E-state index contributed by atoms with van der Waals surface area (Å²) in [4.78, 5) is 23.0. The Morgan fingerprint density at radius 3 is 3.06 bits per heavy atom. The summed E-state index contributed by atoms with van der Waals surface area (Å²) < 4.78 is 4.98. The minimum absolute atomic E-state index is 0.140. The van der Waals surface area contributed by atoms with Gasteiger partial charge in [-0.25, -0.2) is 4.79 Å². The number of carbonyl (C=O) groups is 2. The summed E-state index contributed by atoms with van der Waals surface area (Å²) in [5, 5.41) is 3.05. The second-order valence-corrected chi connectivity index (χ2v) is 5.34. The summed E-state index contributed by atoms with van der Waals surface area (Å²) in [5.41, 5.74) is 1.15. The molecule has 0 spiro atoms. The molecule has 1 N–H and O–H groups in total. The molecule has 1 amide bonds. The second kappa shape index (κ2) is 5.55. The highest BCUT2D eigenvalue weighted by atomic mass is 16.5. The van der Waals surface area contributed by atoms with Crippen LogP contribution in [0, 0.1) is 11.8 Å². The Bertz CT molecular complexity index is 375. The maximum atomic E-state index is 11.6. The third kappa shape index (κ3) is 2.92. The van der Waals surface area contributed by atoms with Crippen molar-refractivity contribution in [2.24, 2.45) is 11.8 Å². The summed E-state index contributed by atoms with van der Waals surface area (Å²) in [6.45, 7) is 4.38. The van der Waals surface area contributed by atoms with E-state index in [4.69, 9.17) is 4.74 Å². The van der Waals surface area contributed by atoms with Gasteiger partial charge in [0.15, 0.2) is 0 Å². The van der Waals surface area contributed by atoms with E-state index in [1.807, 2.05) is 6.92 Å². The van der Waals surface area contributed by atoms with E-state index in [9.17, 15) is 9.59 Å². The van der Waals surface area contributed by atoms with Gasteiger partial charge in [-0.05, 0) is 32.1 Å². The van der Waals surface area contributed by atoms with E-state index in [-0.39, 0.29) is 17.9 Å². The number of fused-ring (bicyclic) bond motifs is 1. The van der Waals surface area contributed by atoms with E-state index >= 15 is 0 Å². The van der Waals surface area contributed by atoms with Crippen LogP contribution in [0.4, 0.5) is 0 Å². The largest absolute Gasteiger partial charge is 0.463 e. The summed E-state index contributed by atoms with van der Waals surface area (Å²) in [7, 11) is 0. The number of piperidine rings is 1. The smallest absolute Gasteiger partial charge is 0.330 e. The molecule has 2 fully saturated rings. The molecule has 4 heteroatoms. The number of hydrogen-bond donors (Lipinski definition) is 1. The van der Waals surface area contributed by atoms with Crippen LogP contribution in [0.1, 0.15) is 39.5 Å². The third-order valence-corrected chi connectivity index (χ3v) is 3.82. The Labute approximate surface area is 108 Å². The molecule has 100 valence electrons. The molecule has 1 saturated heterocycles. The van der Waals surface area contributed by atoms with E-state index < -0.39 is 0 Å². The van der Waals surface area contributed by atoms with E-state index in [1.54, 1.807) is 6.08 Å². The van der Waals surface area contributed by atoms with Crippen LogP contribution in [-0.4, -0.2) is 24.5 Å². The number of rotatable bonds is 2. The zero-order valence-electron chi connectivity index (χ0n) is 11.1. The molecule has 1 aliphatic heterocycles. The predicted octanol–water partition coefficient (Wildman–Crippen LogP) is 1.80. The van der Waals surface area contributed by atoms with E-state index in [0.29, 0.717) is 24.9 Å². The van der Waals surface area contributed by atoms with Gasteiger partial charge in [-0.2, -0.15) is 0 Å². The van der Waals surface area contributed by atoms with Gasteiger partial charge in [-0.1, -0.05) is 12.5 Å². The predicted molar refractivity (Wildman–Crippen MR) is 67.8 cm³/mol. The van der Waals surface area contributed by atoms with Gasteiger partial charge in [-0.15, -0.1) is 0 Å². The Balaban J connectivity index is 2.13. The molecule has 4 nitrogen and oxygen atoms in total. The molecule has 2 rings (SSSR count). The van der Waals surface area contributed by atoms with Crippen molar-refractivity contribution in [3.05, 3.63) is 11.6 Å². The highest BCUT2D eigenvalue weighted by Gasteiger charge is 2.36. The van der Waals surface area contributed by atoms with Crippen LogP contribution in [0.2, 0.25) is 0 Å². The van der Waals surface area contributed by atoms with Gasteiger partial charge >= 0.3 is 5.97 Å². The Morgan fingerprint density at radius 1 is 1.56 bits per heavy atom. The topological polar surface area (TPSA) is 55.4 Å². The molecular weight excluding hydrogens is 230 g/mol. The SMILES string of the molecule is CCOC(=O)/C=C1\C[C@@H](C)C[C@@H]2NC(=O)CC[C@H]12.